The smallest absolute Gasteiger partial charge is 0.410 e. The summed E-state index contributed by atoms with van der Waals surface area (Å²) in [7, 11) is 3.46. The first-order valence-corrected chi connectivity index (χ1v) is 27.0. The quantitative estimate of drug-likeness (QED) is 0.142. The fourth-order valence-corrected chi connectivity index (χ4v) is 11.2. The summed E-state index contributed by atoms with van der Waals surface area (Å²) < 4.78 is 27.0. The van der Waals surface area contributed by atoms with E-state index in [4.69, 9.17) is 42.1 Å². The van der Waals surface area contributed by atoms with Gasteiger partial charge in [0.2, 0.25) is 10.9 Å². The maximum atomic E-state index is 14.7. The standard InChI is InChI=1S/C56H64Cl2N10O9/c1-56(46-29-39(33-67-18-23-75-24-19-67)28-45-50(46)64(3)62-48(52(45)70)54(72)60-31-37-6-10-42(58)11-7-37)35-76-25-20-68(56)55(73)77-43-12-14-65(15-13-43)34-40-26-38(32-66-16-21-74-22-17-66)27-44-49(40)63(2)61-47(51(44)69)53(71)59-30-36-4-8-41(57)9-5-36/h4-11,26-29,43H,12-25,30-35H2,1-3H3,(H,59,71)(H,60,72). The second-order valence-corrected chi connectivity index (χ2v) is 21.4. The Kier molecular flexibility index (Phi) is 16.7. The molecule has 4 fully saturated rings. The molecule has 19 nitrogen and oxygen atoms in total. The Morgan fingerprint density at radius 3 is 1.61 bits per heavy atom. The van der Waals surface area contributed by atoms with Gasteiger partial charge < -0.3 is 29.6 Å². The minimum absolute atomic E-state index is 0.125. The molecule has 0 saturated carbocycles. The second kappa shape index (κ2) is 23.8. The van der Waals surface area contributed by atoms with Crippen LogP contribution >= 0.6 is 23.2 Å². The van der Waals surface area contributed by atoms with Crippen LogP contribution < -0.4 is 21.5 Å². The number of hydrogen-bond acceptors (Lipinski definition) is 14. The molecule has 4 aromatic carbocycles. The molecule has 10 rings (SSSR count). The lowest BCUT2D eigenvalue weighted by molar-refractivity contribution is -0.0672. The average Bonchev–Trinajstić information content (AvgIpc) is 3.50. The lowest BCUT2D eigenvalue weighted by atomic mass is 9.86. The van der Waals surface area contributed by atoms with Crippen molar-refractivity contribution in [3.05, 3.63) is 148 Å². The SMILES string of the molecule is Cn1nc(C(=O)NCc2ccc(Cl)cc2)c(=O)c2cc(CN3CCOCC3)cc(CN3CCC(OC(=O)N4CCOCC4(C)c4cc(CN5CCOCC5)cc5c(=O)c(C(=O)NCc6ccc(Cl)cc6)nn(C)c45)CC3)c21. The molecule has 6 aromatic rings. The molecule has 4 aliphatic rings. The Morgan fingerprint density at radius 2 is 1.08 bits per heavy atom. The zero-order valence-corrected chi connectivity index (χ0v) is 45.2. The zero-order valence-electron chi connectivity index (χ0n) is 43.7. The van der Waals surface area contributed by atoms with Gasteiger partial charge in [0.1, 0.15) is 6.10 Å². The molecule has 1 atom stereocenters. The number of amides is 3. The van der Waals surface area contributed by atoms with Gasteiger partial charge in [-0.1, -0.05) is 53.5 Å². The summed E-state index contributed by atoms with van der Waals surface area (Å²) in [6, 6.07) is 22.1. The van der Waals surface area contributed by atoms with Gasteiger partial charge in [-0.25, -0.2) is 4.79 Å². The first kappa shape index (κ1) is 54.1. The van der Waals surface area contributed by atoms with Gasteiger partial charge in [-0.2, -0.15) is 10.2 Å². The number of aryl methyl sites for hydroxylation is 2. The van der Waals surface area contributed by atoms with E-state index < -0.39 is 34.3 Å². The lowest BCUT2D eigenvalue weighted by Crippen LogP contribution is -2.56. The third-order valence-corrected chi connectivity index (χ3v) is 15.6. The first-order chi connectivity index (χ1) is 37.2. The van der Waals surface area contributed by atoms with Crippen LogP contribution in [0.1, 0.15) is 74.1 Å². The summed E-state index contributed by atoms with van der Waals surface area (Å²) in [6.45, 7) is 11.2. The number of rotatable bonds is 14. The van der Waals surface area contributed by atoms with E-state index in [1.807, 2.05) is 37.3 Å². The van der Waals surface area contributed by atoms with E-state index in [1.165, 1.54) is 0 Å². The van der Waals surface area contributed by atoms with Gasteiger partial charge in [0.15, 0.2) is 11.4 Å². The first-order valence-electron chi connectivity index (χ1n) is 26.2. The van der Waals surface area contributed by atoms with Crippen molar-refractivity contribution in [3.8, 4) is 0 Å². The number of morpholine rings is 3. The number of nitrogens with one attached hydrogen (secondary N) is 2. The van der Waals surface area contributed by atoms with Crippen LogP contribution in [-0.2, 0) is 71.3 Å². The molecule has 406 valence electrons. The van der Waals surface area contributed by atoms with E-state index in [0.29, 0.717) is 122 Å². The Labute approximate surface area is 455 Å². The fourth-order valence-electron chi connectivity index (χ4n) is 11.0. The van der Waals surface area contributed by atoms with Gasteiger partial charge in [0.25, 0.3) is 11.8 Å². The van der Waals surface area contributed by atoms with Crippen LogP contribution in [0, 0.1) is 0 Å². The normalized spacial score (nSPS) is 19.2. The van der Waals surface area contributed by atoms with Gasteiger partial charge in [0.05, 0.1) is 67.0 Å². The highest BCUT2D eigenvalue weighted by molar-refractivity contribution is 6.30. The molecule has 6 heterocycles. The number of fused-ring (bicyclic) bond motifs is 2. The van der Waals surface area contributed by atoms with Crippen molar-refractivity contribution >= 4 is 62.9 Å². The summed E-state index contributed by atoms with van der Waals surface area (Å²) in [6.07, 6.45) is 0.242. The monoisotopic (exact) mass is 1090 g/mol. The third kappa shape index (κ3) is 12.2. The number of aromatic nitrogens is 4. The zero-order chi connectivity index (χ0) is 53.8. The van der Waals surface area contributed by atoms with Crippen LogP contribution in [-0.4, -0.2) is 149 Å². The highest BCUT2D eigenvalue weighted by atomic mass is 35.5. The summed E-state index contributed by atoms with van der Waals surface area (Å²) in [5.41, 5.74) is 3.64. The molecule has 0 spiro atoms. The molecule has 4 saturated heterocycles. The van der Waals surface area contributed by atoms with Gasteiger partial charge in [0, 0.05) is 108 Å². The molecule has 1 unspecified atom stereocenters. The van der Waals surface area contributed by atoms with Crippen LogP contribution in [0.4, 0.5) is 4.79 Å². The number of piperidine rings is 1. The van der Waals surface area contributed by atoms with Crippen molar-refractivity contribution in [1.82, 2.24) is 49.8 Å². The number of ether oxygens (including phenoxy) is 4. The van der Waals surface area contributed by atoms with Gasteiger partial charge in [-0.3, -0.25) is 48.1 Å². The Balaban J connectivity index is 0.876. The van der Waals surface area contributed by atoms with Gasteiger partial charge >= 0.3 is 6.09 Å². The largest absolute Gasteiger partial charge is 0.446 e. The minimum Gasteiger partial charge on any atom is -0.446 e. The highest BCUT2D eigenvalue weighted by Gasteiger charge is 2.44. The van der Waals surface area contributed by atoms with Crippen molar-refractivity contribution in [1.29, 1.82) is 0 Å². The number of hydrogen-bond donors (Lipinski definition) is 2. The van der Waals surface area contributed by atoms with E-state index in [-0.39, 0.29) is 50.3 Å². The van der Waals surface area contributed by atoms with Gasteiger partial charge in [-0.05, 0) is 90.0 Å². The van der Waals surface area contributed by atoms with Crippen LogP contribution in [0.3, 0.4) is 0 Å². The third-order valence-electron chi connectivity index (χ3n) is 15.1. The van der Waals surface area contributed by atoms with Crippen molar-refractivity contribution < 1.29 is 33.3 Å². The van der Waals surface area contributed by atoms with E-state index in [0.717, 1.165) is 40.9 Å². The van der Waals surface area contributed by atoms with Crippen LogP contribution in [0.15, 0.2) is 82.4 Å². The Hall–Kier alpha value is -6.29. The van der Waals surface area contributed by atoms with E-state index in [2.05, 4.69) is 41.6 Å². The number of likely N-dealkylation sites (tertiary alicyclic amines) is 1. The molecule has 0 radical (unpaired) electrons. The molecule has 2 N–H and O–H groups in total. The van der Waals surface area contributed by atoms with Crippen molar-refractivity contribution in [3.63, 3.8) is 0 Å². The fraction of sp³-hybridized carbons (Fsp3) is 0.446. The van der Waals surface area contributed by atoms with Gasteiger partial charge in [-0.15, -0.1) is 0 Å². The molecule has 0 bridgehead atoms. The maximum Gasteiger partial charge on any atom is 0.410 e. The molecule has 2 aromatic heterocycles. The van der Waals surface area contributed by atoms with Crippen LogP contribution in [0.2, 0.25) is 10.0 Å². The van der Waals surface area contributed by atoms with Crippen molar-refractivity contribution in [2.24, 2.45) is 14.1 Å². The van der Waals surface area contributed by atoms with Crippen molar-refractivity contribution in [2.75, 3.05) is 85.5 Å². The number of benzene rings is 4. The van der Waals surface area contributed by atoms with Crippen LogP contribution in [0.25, 0.3) is 21.8 Å². The number of halogens is 2. The summed E-state index contributed by atoms with van der Waals surface area (Å²) in [5, 5.41) is 16.7. The summed E-state index contributed by atoms with van der Waals surface area (Å²) >= 11 is 12.1. The number of carbonyl (C=O) groups excluding carboxylic acids is 3. The highest BCUT2D eigenvalue weighted by Crippen LogP contribution is 2.38. The predicted octanol–water partition coefficient (Wildman–Crippen LogP) is 5.36. The second-order valence-electron chi connectivity index (χ2n) is 20.5. The molecule has 77 heavy (non-hydrogen) atoms. The summed E-state index contributed by atoms with van der Waals surface area (Å²) in [4.78, 5) is 79.2. The predicted molar refractivity (Wildman–Crippen MR) is 291 cm³/mol. The molecule has 4 aliphatic heterocycles. The molecular formula is C56H64Cl2N10O9. The summed E-state index contributed by atoms with van der Waals surface area (Å²) in [5.74, 6) is -1.17. The minimum atomic E-state index is -1.10. The number of carbonyl (C=O) groups is 3. The topological polar surface area (TPSA) is 195 Å². The Bertz CT molecular complexity index is 3280. The molecular weight excluding hydrogens is 1030 g/mol. The average molecular weight is 1090 g/mol. The maximum absolute atomic E-state index is 14.7. The van der Waals surface area contributed by atoms with E-state index in [9.17, 15) is 24.0 Å². The molecule has 3 amide bonds. The lowest BCUT2D eigenvalue weighted by Gasteiger charge is -2.45. The molecule has 0 aliphatic carbocycles. The van der Waals surface area contributed by atoms with E-state index in [1.54, 1.807) is 64.8 Å². The number of nitrogens with zero attached hydrogens (tertiary/aromatic N) is 8. The van der Waals surface area contributed by atoms with E-state index >= 15 is 0 Å². The van der Waals surface area contributed by atoms with Crippen molar-refractivity contribution in [2.45, 2.75) is 64.1 Å². The molecule has 21 heteroatoms. The van der Waals surface area contributed by atoms with Crippen LogP contribution in [0.5, 0.6) is 0 Å². The Morgan fingerprint density at radius 1 is 0.610 bits per heavy atom.